The van der Waals surface area contributed by atoms with Gasteiger partial charge < -0.3 is 19.2 Å². The Morgan fingerprint density at radius 3 is 2.75 bits per heavy atom. The van der Waals surface area contributed by atoms with Gasteiger partial charge in [-0.05, 0) is 23.6 Å². The zero-order valence-corrected chi connectivity index (χ0v) is 13.7. The van der Waals surface area contributed by atoms with E-state index in [0.29, 0.717) is 23.1 Å². The Bertz CT molecular complexity index is 832. The minimum absolute atomic E-state index is 0.00109. The molecule has 0 spiro atoms. The molecule has 0 fully saturated rings. The van der Waals surface area contributed by atoms with Gasteiger partial charge in [-0.1, -0.05) is 5.10 Å². The first kappa shape index (κ1) is 15.8. The van der Waals surface area contributed by atoms with Crippen LogP contribution in [0, 0.1) is 0 Å². The van der Waals surface area contributed by atoms with Crippen molar-refractivity contribution in [3.8, 4) is 23.0 Å². The van der Waals surface area contributed by atoms with Crippen molar-refractivity contribution in [3.63, 3.8) is 0 Å². The van der Waals surface area contributed by atoms with Gasteiger partial charge in [0.25, 0.3) is 5.89 Å². The number of hydrogen-bond acceptors (Lipinski definition) is 7. The van der Waals surface area contributed by atoms with E-state index in [1.807, 2.05) is 16.8 Å². The molecule has 0 saturated carbocycles. The second kappa shape index (κ2) is 7.01. The maximum Gasteiger partial charge on any atom is 0.327 e. The zero-order valence-electron chi connectivity index (χ0n) is 12.9. The summed E-state index contributed by atoms with van der Waals surface area (Å²) >= 11 is 1.51. The van der Waals surface area contributed by atoms with Crippen molar-refractivity contribution in [2.24, 2.45) is 0 Å². The molecule has 8 nitrogen and oxygen atoms in total. The molecule has 0 atom stereocenters. The number of aromatic nitrogens is 2. The molecule has 0 aliphatic heterocycles. The monoisotopic (exact) mass is 346 g/mol. The van der Waals surface area contributed by atoms with Crippen LogP contribution in [0.5, 0.6) is 11.5 Å². The van der Waals surface area contributed by atoms with E-state index in [9.17, 15) is 4.79 Å². The Balaban J connectivity index is 1.68. The number of nitrogens with one attached hydrogen (secondary N) is 2. The molecule has 1 aromatic carbocycles. The third kappa shape index (κ3) is 3.46. The third-order valence-electron chi connectivity index (χ3n) is 3.07. The van der Waals surface area contributed by atoms with Crippen molar-refractivity contribution in [3.05, 3.63) is 35.0 Å². The van der Waals surface area contributed by atoms with E-state index >= 15 is 0 Å². The molecule has 0 radical (unpaired) electrons. The topological polar surface area (TPSA) is 98.5 Å². The summed E-state index contributed by atoms with van der Waals surface area (Å²) in [5.74, 6) is 1.43. The van der Waals surface area contributed by atoms with Gasteiger partial charge in [0.1, 0.15) is 11.5 Å². The van der Waals surface area contributed by atoms with Crippen molar-refractivity contribution < 1.29 is 18.7 Å². The molecule has 0 unspecified atom stereocenters. The van der Waals surface area contributed by atoms with Crippen molar-refractivity contribution in [1.82, 2.24) is 10.2 Å². The van der Waals surface area contributed by atoms with E-state index in [-0.39, 0.29) is 6.01 Å². The Kier molecular flexibility index (Phi) is 4.62. The Hall–Kier alpha value is -3.07. The molecule has 0 aliphatic rings. The highest BCUT2D eigenvalue weighted by Gasteiger charge is 2.13. The number of nitrogens with zero attached hydrogens (tertiary/aromatic N) is 2. The fourth-order valence-electron chi connectivity index (χ4n) is 1.93. The molecule has 9 heteroatoms. The van der Waals surface area contributed by atoms with Crippen LogP contribution in [0.3, 0.4) is 0 Å². The number of benzene rings is 1. The summed E-state index contributed by atoms with van der Waals surface area (Å²) in [6.45, 7) is 0. The molecule has 0 bridgehead atoms. The van der Waals surface area contributed by atoms with Crippen molar-refractivity contribution >= 4 is 29.1 Å². The lowest BCUT2D eigenvalue weighted by molar-refractivity contribution is 0.261. The molecule has 0 saturated heterocycles. The van der Waals surface area contributed by atoms with Crippen molar-refractivity contribution in [2.45, 2.75) is 0 Å². The number of anilines is 2. The number of carbonyl (C=O) groups excluding carboxylic acids is 1. The lowest BCUT2D eigenvalue weighted by atomic mass is 10.2. The van der Waals surface area contributed by atoms with Crippen LogP contribution in [0.1, 0.15) is 0 Å². The lowest BCUT2D eigenvalue weighted by Crippen LogP contribution is -2.20. The fraction of sp³-hybridized carbons (Fsp3) is 0.133. The van der Waals surface area contributed by atoms with Crippen LogP contribution < -0.4 is 20.1 Å². The van der Waals surface area contributed by atoms with Crippen LogP contribution >= 0.6 is 11.3 Å². The molecule has 24 heavy (non-hydrogen) atoms. The van der Waals surface area contributed by atoms with E-state index in [2.05, 4.69) is 20.8 Å². The lowest BCUT2D eigenvalue weighted by Gasteiger charge is -2.11. The van der Waals surface area contributed by atoms with Gasteiger partial charge in [0, 0.05) is 17.0 Å². The Morgan fingerprint density at radius 1 is 1.17 bits per heavy atom. The largest absolute Gasteiger partial charge is 0.497 e. The Morgan fingerprint density at radius 2 is 2.04 bits per heavy atom. The van der Waals surface area contributed by atoms with E-state index in [4.69, 9.17) is 13.9 Å². The van der Waals surface area contributed by atoms with Crippen LogP contribution in [0.2, 0.25) is 0 Å². The average molecular weight is 346 g/mol. The quantitative estimate of drug-likeness (QED) is 0.734. The molecule has 0 aliphatic carbocycles. The zero-order chi connectivity index (χ0) is 16.9. The molecule has 2 N–H and O–H groups in total. The second-order valence-corrected chi connectivity index (χ2v) is 5.35. The van der Waals surface area contributed by atoms with Gasteiger partial charge >= 0.3 is 12.0 Å². The third-order valence-corrected chi connectivity index (χ3v) is 3.75. The van der Waals surface area contributed by atoms with Crippen LogP contribution in [0.15, 0.2) is 39.4 Å². The van der Waals surface area contributed by atoms with Crippen molar-refractivity contribution in [2.75, 3.05) is 24.9 Å². The van der Waals surface area contributed by atoms with Gasteiger partial charge in [0.15, 0.2) is 0 Å². The number of carbonyl (C=O) groups is 1. The first-order chi connectivity index (χ1) is 11.7. The minimum atomic E-state index is -0.529. The van der Waals surface area contributed by atoms with Gasteiger partial charge in [0.05, 0.1) is 19.9 Å². The summed E-state index contributed by atoms with van der Waals surface area (Å²) in [4.78, 5) is 12.1. The first-order valence-electron chi connectivity index (χ1n) is 6.85. The van der Waals surface area contributed by atoms with Gasteiger partial charge in [-0.15, -0.1) is 5.10 Å². The molecular weight excluding hydrogens is 332 g/mol. The number of thiophene rings is 1. The van der Waals surface area contributed by atoms with Gasteiger partial charge in [-0.2, -0.15) is 11.3 Å². The summed E-state index contributed by atoms with van der Waals surface area (Å²) in [6.07, 6.45) is 0. The highest BCUT2D eigenvalue weighted by molar-refractivity contribution is 7.08. The first-order valence-corrected chi connectivity index (χ1v) is 7.80. The molecule has 3 rings (SSSR count). The summed E-state index contributed by atoms with van der Waals surface area (Å²) in [5.41, 5.74) is 1.28. The van der Waals surface area contributed by atoms with Gasteiger partial charge in [0.2, 0.25) is 0 Å². The SMILES string of the molecule is COc1ccc(NC(=O)Nc2nnc(-c3ccsc3)o2)c(OC)c1. The Labute approximate surface area is 141 Å². The van der Waals surface area contributed by atoms with Crippen LogP contribution in [0.25, 0.3) is 11.5 Å². The predicted molar refractivity (Wildman–Crippen MR) is 89.8 cm³/mol. The summed E-state index contributed by atoms with van der Waals surface area (Å²) < 4.78 is 15.7. The normalized spacial score (nSPS) is 10.2. The predicted octanol–water partition coefficient (Wildman–Crippen LogP) is 3.46. The summed E-state index contributed by atoms with van der Waals surface area (Å²) in [6, 6.07) is 6.36. The van der Waals surface area contributed by atoms with Gasteiger partial charge in [-0.3, -0.25) is 5.32 Å². The fourth-order valence-corrected chi connectivity index (χ4v) is 2.56. The van der Waals surface area contributed by atoms with Crippen LogP contribution in [0.4, 0.5) is 16.5 Å². The minimum Gasteiger partial charge on any atom is -0.497 e. The standard InChI is InChI=1S/C15H14N4O4S/c1-21-10-3-4-11(12(7-10)22-2)16-14(20)17-15-19-18-13(23-15)9-5-6-24-8-9/h3-8H,1-2H3,(H2,16,17,19,20). The van der Waals surface area contributed by atoms with Crippen molar-refractivity contribution in [1.29, 1.82) is 0 Å². The summed E-state index contributed by atoms with van der Waals surface area (Å²) in [5, 5.41) is 16.6. The molecule has 2 heterocycles. The van der Waals surface area contributed by atoms with E-state index in [1.54, 1.807) is 25.3 Å². The smallest absolute Gasteiger partial charge is 0.327 e. The van der Waals surface area contributed by atoms with Crippen LogP contribution in [-0.2, 0) is 0 Å². The number of rotatable bonds is 5. The summed E-state index contributed by atoms with van der Waals surface area (Å²) in [7, 11) is 3.05. The highest BCUT2D eigenvalue weighted by atomic mass is 32.1. The van der Waals surface area contributed by atoms with Gasteiger partial charge in [-0.25, -0.2) is 4.79 Å². The molecule has 3 aromatic rings. The highest BCUT2D eigenvalue weighted by Crippen LogP contribution is 2.29. The van der Waals surface area contributed by atoms with Crippen LogP contribution in [-0.4, -0.2) is 30.4 Å². The maximum absolute atomic E-state index is 12.1. The molecule has 124 valence electrons. The molecular formula is C15H14N4O4S. The van der Waals surface area contributed by atoms with E-state index < -0.39 is 6.03 Å². The van der Waals surface area contributed by atoms with E-state index in [1.165, 1.54) is 18.4 Å². The van der Waals surface area contributed by atoms with E-state index in [0.717, 1.165) is 5.56 Å². The average Bonchev–Trinajstić information content (AvgIpc) is 3.26. The molecule has 2 amide bonds. The number of urea groups is 1. The maximum atomic E-state index is 12.1. The molecule has 2 aromatic heterocycles. The number of methoxy groups -OCH3 is 2. The number of hydrogen-bond donors (Lipinski definition) is 2. The second-order valence-electron chi connectivity index (χ2n) is 4.57. The number of ether oxygens (including phenoxy) is 2. The number of amides is 2.